The molecule has 0 amide bonds. The van der Waals surface area contributed by atoms with E-state index in [4.69, 9.17) is 14.5 Å². The third-order valence-electron chi connectivity index (χ3n) is 7.04. The maximum atomic E-state index is 13.3. The molecule has 4 aromatic heterocycles. The zero-order valence-electron chi connectivity index (χ0n) is 22.1. The van der Waals surface area contributed by atoms with Crippen LogP contribution in [0.2, 0.25) is 0 Å². The molecule has 6 rings (SSSR count). The van der Waals surface area contributed by atoms with Crippen molar-refractivity contribution in [2.24, 2.45) is 14.1 Å². The molecule has 5 aromatic rings. The second kappa shape index (κ2) is 10.3. The van der Waals surface area contributed by atoms with Crippen LogP contribution in [0.15, 0.2) is 72.0 Å². The van der Waals surface area contributed by atoms with E-state index in [2.05, 4.69) is 20.0 Å². The van der Waals surface area contributed by atoms with Crippen LogP contribution in [0.5, 0.6) is 11.5 Å². The van der Waals surface area contributed by atoms with E-state index in [9.17, 15) is 4.79 Å². The monoisotopic (exact) mass is 523 g/mol. The van der Waals surface area contributed by atoms with E-state index in [1.807, 2.05) is 55.7 Å². The van der Waals surface area contributed by atoms with Gasteiger partial charge in [-0.25, -0.2) is 9.97 Å². The Hall–Kier alpha value is -4.57. The second-order valence-electron chi connectivity index (χ2n) is 9.71. The van der Waals surface area contributed by atoms with Gasteiger partial charge in [0.15, 0.2) is 0 Å². The summed E-state index contributed by atoms with van der Waals surface area (Å²) in [5, 5.41) is 5.11. The highest BCUT2D eigenvalue weighted by Crippen LogP contribution is 2.29. The summed E-state index contributed by atoms with van der Waals surface area (Å²) in [6, 6.07) is 13.4. The quantitative estimate of drug-likeness (QED) is 0.313. The SMILES string of the molecule is COC[C@H]1CCCN1c1ncc(-c2ccc3cc(Oc4ccnc(-c5cnn(C)c5)c4)ccc3n2)c(=O)n1C. The number of hydrogen-bond donors (Lipinski definition) is 0. The molecule has 0 N–H and O–H groups in total. The second-order valence-corrected chi connectivity index (χ2v) is 9.71. The first-order chi connectivity index (χ1) is 19.0. The van der Waals surface area contributed by atoms with Crippen molar-refractivity contribution in [3.8, 4) is 34.0 Å². The van der Waals surface area contributed by atoms with Crippen molar-refractivity contribution in [2.45, 2.75) is 18.9 Å². The van der Waals surface area contributed by atoms with Crippen molar-refractivity contribution in [3.63, 3.8) is 0 Å². The van der Waals surface area contributed by atoms with Crippen LogP contribution >= 0.6 is 0 Å². The van der Waals surface area contributed by atoms with E-state index in [-0.39, 0.29) is 11.6 Å². The summed E-state index contributed by atoms with van der Waals surface area (Å²) in [5.74, 6) is 2.01. The molecule has 0 radical (unpaired) electrons. The van der Waals surface area contributed by atoms with Crippen LogP contribution in [0.1, 0.15) is 12.8 Å². The average molecular weight is 524 g/mol. The molecule has 198 valence electrons. The van der Waals surface area contributed by atoms with Gasteiger partial charge in [-0.2, -0.15) is 5.10 Å². The third kappa shape index (κ3) is 4.86. The Bertz CT molecular complexity index is 1710. The van der Waals surface area contributed by atoms with Crippen molar-refractivity contribution < 1.29 is 9.47 Å². The van der Waals surface area contributed by atoms with Gasteiger partial charge in [0.25, 0.3) is 5.56 Å². The number of rotatable bonds is 7. The lowest BCUT2D eigenvalue weighted by Gasteiger charge is -2.26. The summed E-state index contributed by atoms with van der Waals surface area (Å²) in [7, 11) is 5.33. The lowest BCUT2D eigenvalue weighted by atomic mass is 10.1. The molecule has 1 saturated heterocycles. The summed E-state index contributed by atoms with van der Waals surface area (Å²) < 4.78 is 14.8. The minimum Gasteiger partial charge on any atom is -0.457 e. The van der Waals surface area contributed by atoms with E-state index < -0.39 is 0 Å². The molecule has 39 heavy (non-hydrogen) atoms. The van der Waals surface area contributed by atoms with Gasteiger partial charge in [-0.05, 0) is 43.2 Å². The number of anilines is 1. The zero-order chi connectivity index (χ0) is 26.9. The maximum absolute atomic E-state index is 13.3. The highest BCUT2D eigenvalue weighted by molar-refractivity contribution is 5.83. The van der Waals surface area contributed by atoms with E-state index in [1.54, 1.807) is 42.0 Å². The first kappa shape index (κ1) is 24.7. The fourth-order valence-corrected chi connectivity index (χ4v) is 5.08. The fourth-order valence-electron chi connectivity index (χ4n) is 5.08. The Balaban J connectivity index is 1.25. The highest BCUT2D eigenvalue weighted by atomic mass is 16.5. The zero-order valence-corrected chi connectivity index (χ0v) is 22.1. The van der Waals surface area contributed by atoms with Crippen LogP contribution in [0.4, 0.5) is 5.95 Å². The van der Waals surface area contributed by atoms with Crippen molar-refractivity contribution in [1.82, 2.24) is 29.3 Å². The summed E-state index contributed by atoms with van der Waals surface area (Å²) in [6.45, 7) is 1.47. The number of aromatic nitrogens is 6. The topological polar surface area (TPSA) is 100 Å². The average Bonchev–Trinajstić information content (AvgIpc) is 3.59. The number of hydrogen-bond acceptors (Lipinski definition) is 8. The Morgan fingerprint density at radius 3 is 2.69 bits per heavy atom. The van der Waals surface area contributed by atoms with Gasteiger partial charge in [-0.15, -0.1) is 0 Å². The number of methoxy groups -OCH3 is 1. The van der Waals surface area contributed by atoms with Crippen LogP contribution in [0.25, 0.3) is 33.4 Å². The van der Waals surface area contributed by atoms with Crippen LogP contribution < -0.4 is 15.2 Å². The van der Waals surface area contributed by atoms with Crippen molar-refractivity contribution in [2.75, 3.05) is 25.2 Å². The van der Waals surface area contributed by atoms with Gasteiger partial charge in [0.2, 0.25) is 5.95 Å². The van der Waals surface area contributed by atoms with E-state index >= 15 is 0 Å². The van der Waals surface area contributed by atoms with E-state index in [0.29, 0.717) is 35.3 Å². The molecule has 0 spiro atoms. The predicted octanol–water partition coefficient (Wildman–Crippen LogP) is 4.20. The van der Waals surface area contributed by atoms with Crippen molar-refractivity contribution in [1.29, 1.82) is 0 Å². The molecule has 0 saturated carbocycles. The van der Waals surface area contributed by atoms with Crippen LogP contribution in [0.3, 0.4) is 0 Å². The number of fused-ring (bicyclic) bond motifs is 1. The standard InChI is InChI=1S/C29H29N7O3/c1-34-17-20(15-32-34)27-14-23(10-11-30-27)39-22-7-9-25-19(13-22)6-8-26(33-25)24-16-31-29(35(2)28(24)37)36-12-4-5-21(36)18-38-3/h6-11,13-17,21H,4-5,12,18H2,1-3H3/t21-/m1/s1. The Morgan fingerprint density at radius 1 is 1.00 bits per heavy atom. The smallest absolute Gasteiger partial charge is 0.264 e. The van der Waals surface area contributed by atoms with Gasteiger partial charge in [-0.3, -0.25) is 19.0 Å². The lowest BCUT2D eigenvalue weighted by molar-refractivity contribution is 0.180. The minimum atomic E-state index is -0.128. The molecule has 1 atom stereocenters. The van der Waals surface area contributed by atoms with Crippen LogP contribution in [0, 0.1) is 0 Å². The molecule has 1 aliphatic heterocycles. The van der Waals surface area contributed by atoms with Crippen molar-refractivity contribution >= 4 is 16.9 Å². The summed E-state index contributed by atoms with van der Waals surface area (Å²) in [4.78, 5) is 29.3. The Labute approximate surface area is 225 Å². The largest absolute Gasteiger partial charge is 0.457 e. The minimum absolute atomic E-state index is 0.128. The van der Waals surface area contributed by atoms with Crippen LogP contribution in [-0.4, -0.2) is 55.6 Å². The molecule has 1 aromatic carbocycles. The molecule has 5 heterocycles. The highest BCUT2D eigenvalue weighted by Gasteiger charge is 2.28. The Morgan fingerprint density at radius 2 is 1.87 bits per heavy atom. The van der Waals surface area contributed by atoms with Gasteiger partial charge in [0.1, 0.15) is 11.5 Å². The molecule has 0 unspecified atom stereocenters. The summed E-state index contributed by atoms with van der Waals surface area (Å²) >= 11 is 0. The molecule has 1 fully saturated rings. The predicted molar refractivity (Wildman–Crippen MR) is 149 cm³/mol. The van der Waals surface area contributed by atoms with E-state index in [1.165, 1.54) is 0 Å². The first-order valence-electron chi connectivity index (χ1n) is 12.9. The molecule has 0 aliphatic carbocycles. The van der Waals surface area contributed by atoms with Gasteiger partial charge in [0, 0.05) is 63.4 Å². The summed E-state index contributed by atoms with van der Waals surface area (Å²) in [5.41, 5.74) is 3.38. The molecule has 0 bridgehead atoms. The van der Waals surface area contributed by atoms with Gasteiger partial charge >= 0.3 is 0 Å². The molecule has 10 heteroatoms. The number of benzene rings is 1. The number of nitrogens with zero attached hydrogens (tertiary/aromatic N) is 7. The van der Waals surface area contributed by atoms with Gasteiger partial charge in [0.05, 0.1) is 41.3 Å². The lowest BCUT2D eigenvalue weighted by Crippen LogP contribution is -2.38. The summed E-state index contributed by atoms with van der Waals surface area (Å²) in [6.07, 6.45) is 9.11. The number of aryl methyl sites for hydroxylation is 1. The van der Waals surface area contributed by atoms with Crippen molar-refractivity contribution in [3.05, 3.63) is 77.6 Å². The molecule has 1 aliphatic rings. The maximum Gasteiger partial charge on any atom is 0.264 e. The molecular formula is C29H29N7O3. The molecular weight excluding hydrogens is 494 g/mol. The van der Waals surface area contributed by atoms with Gasteiger partial charge in [-0.1, -0.05) is 6.07 Å². The number of ether oxygens (including phenoxy) is 2. The van der Waals surface area contributed by atoms with Gasteiger partial charge < -0.3 is 14.4 Å². The Kier molecular flexibility index (Phi) is 6.54. The first-order valence-corrected chi connectivity index (χ1v) is 12.9. The normalized spacial score (nSPS) is 15.3. The number of pyridine rings is 2. The third-order valence-corrected chi connectivity index (χ3v) is 7.04. The van der Waals surface area contributed by atoms with Crippen LogP contribution in [-0.2, 0) is 18.8 Å². The molecule has 10 nitrogen and oxygen atoms in total. The van der Waals surface area contributed by atoms with E-state index in [0.717, 1.165) is 41.5 Å². The fraction of sp³-hybridized carbons (Fsp3) is 0.276.